The van der Waals surface area contributed by atoms with Crippen molar-refractivity contribution in [3.63, 3.8) is 0 Å². The van der Waals surface area contributed by atoms with Gasteiger partial charge in [-0.15, -0.1) is 0 Å². The molecule has 0 radical (unpaired) electrons. The molecule has 4 N–H and O–H groups in total. The number of carbonyl (C=O) groups is 1. The average molecular weight is 396 g/mol. The number of rotatable bonds is 6. The Balaban J connectivity index is 1.56. The third-order valence-electron chi connectivity index (χ3n) is 6.13. The summed E-state index contributed by atoms with van der Waals surface area (Å²) in [5.41, 5.74) is 6.67. The summed E-state index contributed by atoms with van der Waals surface area (Å²) in [5, 5.41) is 14.1. The molecule has 0 bridgehead atoms. The summed E-state index contributed by atoms with van der Waals surface area (Å²) in [5.74, 6) is 1.26. The lowest BCUT2D eigenvalue weighted by Gasteiger charge is -2.17. The topological polar surface area (TPSA) is 108 Å². The summed E-state index contributed by atoms with van der Waals surface area (Å²) < 4.78 is 0. The van der Waals surface area contributed by atoms with Crippen LogP contribution in [0.3, 0.4) is 0 Å². The highest BCUT2D eigenvalue weighted by Crippen LogP contribution is 2.68. The number of aliphatic hydroxyl groups excluding tert-OH is 1. The van der Waals surface area contributed by atoms with Crippen LogP contribution in [0.5, 0.6) is 0 Å². The smallest absolute Gasteiger partial charge is 0.234 e. The molecular formula is C21H28N6O2. The summed E-state index contributed by atoms with van der Waals surface area (Å²) >= 11 is 0. The van der Waals surface area contributed by atoms with E-state index in [0.29, 0.717) is 37.9 Å². The Kier molecular flexibility index (Phi) is 5.14. The maximum absolute atomic E-state index is 12.2. The predicted octanol–water partition coefficient (Wildman–Crippen LogP) is 0.318. The quantitative estimate of drug-likeness (QED) is 0.645. The fourth-order valence-corrected chi connectivity index (χ4v) is 4.83. The number of nitrogens with two attached hydrogens (primary N) is 1. The second-order valence-electron chi connectivity index (χ2n) is 8.33. The minimum absolute atomic E-state index is 0.00706. The molecule has 1 aliphatic carbocycles. The SMILES string of the molecule is CN(C)CC(=O)NC[C@@H]1[C@@H](c2ccccc2)[C@]12CN(c1nccc(N)n1)C[C@@H]2O. The molecule has 1 aliphatic heterocycles. The van der Waals surface area contributed by atoms with Crippen LogP contribution in [-0.4, -0.2) is 72.3 Å². The monoisotopic (exact) mass is 396 g/mol. The second kappa shape index (κ2) is 7.61. The normalized spacial score (nSPS) is 28.1. The van der Waals surface area contributed by atoms with E-state index in [1.54, 1.807) is 12.3 Å². The minimum atomic E-state index is -0.534. The molecule has 2 aliphatic rings. The number of carbonyl (C=O) groups excluding carboxylic acids is 1. The highest BCUT2D eigenvalue weighted by Gasteiger charge is 2.71. The fraction of sp³-hybridized carbons (Fsp3) is 0.476. The Morgan fingerprint density at radius 2 is 2.10 bits per heavy atom. The van der Waals surface area contributed by atoms with E-state index in [2.05, 4.69) is 27.4 Å². The Labute approximate surface area is 170 Å². The van der Waals surface area contributed by atoms with Crippen molar-refractivity contribution in [3.8, 4) is 0 Å². The predicted molar refractivity (Wildman–Crippen MR) is 111 cm³/mol. The lowest BCUT2D eigenvalue weighted by atomic mass is 9.95. The molecule has 2 fully saturated rings. The average Bonchev–Trinajstić information content (AvgIpc) is 3.20. The summed E-state index contributed by atoms with van der Waals surface area (Å²) in [6.45, 7) is 1.97. The van der Waals surface area contributed by atoms with E-state index in [0.717, 1.165) is 0 Å². The Bertz CT molecular complexity index is 876. The number of benzene rings is 1. The van der Waals surface area contributed by atoms with E-state index >= 15 is 0 Å². The van der Waals surface area contributed by atoms with Gasteiger partial charge in [-0.05, 0) is 37.6 Å². The van der Waals surface area contributed by atoms with Crippen molar-refractivity contribution < 1.29 is 9.90 Å². The lowest BCUT2D eigenvalue weighted by molar-refractivity contribution is -0.121. The summed E-state index contributed by atoms with van der Waals surface area (Å²) in [7, 11) is 3.74. The zero-order chi connectivity index (χ0) is 20.6. The molecule has 4 rings (SSSR count). The highest BCUT2D eigenvalue weighted by atomic mass is 16.3. The summed E-state index contributed by atoms with van der Waals surface area (Å²) in [6.07, 6.45) is 1.10. The van der Waals surface area contributed by atoms with E-state index in [1.165, 1.54) is 5.56 Å². The minimum Gasteiger partial charge on any atom is -0.391 e. The Morgan fingerprint density at radius 1 is 1.34 bits per heavy atom. The van der Waals surface area contributed by atoms with Crippen LogP contribution in [0.15, 0.2) is 42.6 Å². The molecule has 1 aromatic carbocycles. The molecule has 1 spiro atoms. The van der Waals surface area contributed by atoms with Gasteiger partial charge < -0.3 is 26.0 Å². The van der Waals surface area contributed by atoms with Gasteiger partial charge >= 0.3 is 0 Å². The number of nitrogens with zero attached hydrogens (tertiary/aromatic N) is 4. The number of aromatic nitrogens is 2. The number of aliphatic hydroxyl groups is 1. The van der Waals surface area contributed by atoms with Crippen LogP contribution in [0.1, 0.15) is 11.5 Å². The van der Waals surface area contributed by atoms with E-state index in [-0.39, 0.29) is 23.2 Å². The van der Waals surface area contributed by atoms with Crippen LogP contribution < -0.4 is 16.0 Å². The first-order valence-electron chi connectivity index (χ1n) is 9.89. The number of β-amino-alcohol motifs (C(OH)–C–C–N with tert-alkyl or cyclic N) is 1. The number of nitrogen functional groups attached to an aromatic ring is 1. The first-order chi connectivity index (χ1) is 13.9. The van der Waals surface area contributed by atoms with Crippen LogP contribution in [0.25, 0.3) is 0 Å². The molecule has 1 saturated carbocycles. The molecule has 1 saturated heterocycles. The van der Waals surface area contributed by atoms with E-state index in [1.807, 2.05) is 42.1 Å². The van der Waals surface area contributed by atoms with Crippen LogP contribution in [0.2, 0.25) is 0 Å². The van der Waals surface area contributed by atoms with Crippen molar-refractivity contribution in [1.82, 2.24) is 20.2 Å². The number of hydrogen-bond donors (Lipinski definition) is 3. The third-order valence-corrected chi connectivity index (χ3v) is 6.13. The number of nitrogens with one attached hydrogen (secondary N) is 1. The molecule has 8 nitrogen and oxygen atoms in total. The largest absolute Gasteiger partial charge is 0.391 e. The molecule has 2 aromatic rings. The molecule has 1 aromatic heterocycles. The van der Waals surface area contributed by atoms with Gasteiger partial charge in [-0.2, -0.15) is 4.98 Å². The zero-order valence-electron chi connectivity index (χ0n) is 16.8. The molecule has 0 unspecified atom stereocenters. The van der Waals surface area contributed by atoms with Crippen LogP contribution in [0.4, 0.5) is 11.8 Å². The van der Waals surface area contributed by atoms with Gasteiger partial charge in [0.05, 0.1) is 12.6 Å². The van der Waals surface area contributed by atoms with Gasteiger partial charge in [0.15, 0.2) is 0 Å². The molecule has 2 heterocycles. The van der Waals surface area contributed by atoms with Gasteiger partial charge in [0.1, 0.15) is 5.82 Å². The third kappa shape index (κ3) is 3.65. The summed E-state index contributed by atoms with van der Waals surface area (Å²) in [4.78, 5) is 24.7. The van der Waals surface area contributed by atoms with Gasteiger partial charge in [-0.1, -0.05) is 30.3 Å². The Morgan fingerprint density at radius 3 is 2.79 bits per heavy atom. The van der Waals surface area contributed by atoms with Crippen molar-refractivity contribution in [3.05, 3.63) is 48.2 Å². The van der Waals surface area contributed by atoms with Crippen LogP contribution in [-0.2, 0) is 4.79 Å². The Hall–Kier alpha value is -2.71. The number of hydrogen-bond acceptors (Lipinski definition) is 7. The zero-order valence-corrected chi connectivity index (χ0v) is 16.8. The van der Waals surface area contributed by atoms with E-state index < -0.39 is 6.10 Å². The van der Waals surface area contributed by atoms with Gasteiger partial charge in [0.25, 0.3) is 0 Å². The van der Waals surface area contributed by atoms with Gasteiger partial charge in [0, 0.05) is 31.2 Å². The number of anilines is 2. The highest BCUT2D eigenvalue weighted by molar-refractivity contribution is 5.78. The van der Waals surface area contributed by atoms with Crippen molar-refractivity contribution >= 4 is 17.7 Å². The lowest BCUT2D eigenvalue weighted by Crippen LogP contribution is -2.36. The molecule has 1 amide bonds. The van der Waals surface area contributed by atoms with Crippen molar-refractivity contribution in [1.29, 1.82) is 0 Å². The van der Waals surface area contributed by atoms with E-state index in [4.69, 9.17) is 5.73 Å². The molecule has 8 heteroatoms. The van der Waals surface area contributed by atoms with Crippen molar-refractivity contribution in [2.45, 2.75) is 12.0 Å². The van der Waals surface area contributed by atoms with Crippen molar-refractivity contribution in [2.24, 2.45) is 11.3 Å². The molecule has 154 valence electrons. The summed E-state index contributed by atoms with van der Waals surface area (Å²) in [6, 6.07) is 11.9. The number of amides is 1. The fourth-order valence-electron chi connectivity index (χ4n) is 4.83. The molecule has 4 atom stereocenters. The first kappa shape index (κ1) is 19.6. The second-order valence-corrected chi connectivity index (χ2v) is 8.33. The van der Waals surface area contributed by atoms with Gasteiger partial charge in [0.2, 0.25) is 11.9 Å². The van der Waals surface area contributed by atoms with Crippen LogP contribution in [0, 0.1) is 11.3 Å². The standard InChI is InChI=1S/C21H28N6O2/c1-26(2)12-18(29)24-10-15-19(14-6-4-3-5-7-14)21(15)13-27(11-16(21)28)20-23-9-8-17(22)25-20/h3-9,15-16,19,28H,10-13H2,1-2H3,(H,24,29)(H2,22,23,25)/t15-,16+,19-,21-/m1/s1. The van der Waals surface area contributed by atoms with Crippen LogP contribution >= 0.6 is 0 Å². The number of likely N-dealkylation sites (N-methyl/N-ethyl adjacent to an activating group) is 1. The van der Waals surface area contributed by atoms with Gasteiger partial charge in [-0.3, -0.25) is 4.79 Å². The molecular weight excluding hydrogens is 368 g/mol. The first-order valence-corrected chi connectivity index (χ1v) is 9.89. The maximum Gasteiger partial charge on any atom is 0.234 e. The van der Waals surface area contributed by atoms with Crippen molar-refractivity contribution in [2.75, 3.05) is 50.9 Å². The maximum atomic E-state index is 12.2. The van der Waals surface area contributed by atoms with Gasteiger partial charge in [-0.25, -0.2) is 4.98 Å². The van der Waals surface area contributed by atoms with E-state index in [9.17, 15) is 9.90 Å². The molecule has 29 heavy (non-hydrogen) atoms.